The second-order valence-corrected chi connectivity index (χ2v) is 8.29. The van der Waals surface area contributed by atoms with Gasteiger partial charge in [0.25, 0.3) is 0 Å². The molecule has 0 amide bonds. The zero-order valence-electron chi connectivity index (χ0n) is 18.8. The number of carboxylic acids is 1. The van der Waals surface area contributed by atoms with Gasteiger partial charge in [0.05, 0.1) is 19.8 Å². The van der Waals surface area contributed by atoms with Gasteiger partial charge < -0.3 is 24.1 Å². The van der Waals surface area contributed by atoms with Crippen molar-refractivity contribution in [1.82, 2.24) is 4.98 Å². The van der Waals surface area contributed by atoms with E-state index >= 15 is 0 Å². The van der Waals surface area contributed by atoms with Crippen LogP contribution in [0.25, 0.3) is 0 Å². The number of aliphatic carboxylic acids is 1. The molecule has 1 N–H and O–H groups in total. The summed E-state index contributed by atoms with van der Waals surface area (Å²) in [4.78, 5) is 14.9. The molecule has 0 bridgehead atoms. The molecule has 3 rings (SSSR count). The Hall–Kier alpha value is -2.90. The fraction of sp³-hybridized carbons (Fsp3) is 0.440. The normalized spacial score (nSPS) is 21.4. The van der Waals surface area contributed by atoms with Crippen LogP contribution < -0.4 is 9.47 Å². The van der Waals surface area contributed by atoms with Gasteiger partial charge in [-0.3, -0.25) is 9.78 Å². The van der Waals surface area contributed by atoms with Gasteiger partial charge in [0.15, 0.2) is 11.9 Å². The lowest BCUT2D eigenvalue weighted by Crippen LogP contribution is -2.50. The highest BCUT2D eigenvalue weighted by molar-refractivity contribution is 5.66. The largest absolute Gasteiger partial charge is 0.497 e. The molecule has 0 radical (unpaired) electrons. The Balaban J connectivity index is 1.69. The number of carbonyl (C=O) groups is 1. The van der Waals surface area contributed by atoms with Crippen molar-refractivity contribution in [2.45, 2.75) is 51.1 Å². The Morgan fingerprint density at radius 3 is 2.62 bits per heavy atom. The van der Waals surface area contributed by atoms with Gasteiger partial charge in [-0.15, -0.1) is 0 Å². The van der Waals surface area contributed by atoms with Crippen LogP contribution in [0.1, 0.15) is 44.8 Å². The second-order valence-electron chi connectivity index (χ2n) is 8.29. The fourth-order valence-electron chi connectivity index (χ4n) is 3.62. The average Bonchev–Trinajstić information content (AvgIpc) is 2.79. The summed E-state index contributed by atoms with van der Waals surface area (Å²) in [5.74, 6) is 0.739. The summed E-state index contributed by atoms with van der Waals surface area (Å²) in [6.45, 7) is 4.37. The third-order valence-electron chi connectivity index (χ3n) is 5.31. The molecule has 7 heteroatoms. The first-order chi connectivity index (χ1) is 15.4. The van der Waals surface area contributed by atoms with Gasteiger partial charge in [0, 0.05) is 24.7 Å². The third-order valence-corrected chi connectivity index (χ3v) is 5.31. The minimum absolute atomic E-state index is 0.0771. The molecule has 1 aromatic heterocycles. The molecule has 1 saturated heterocycles. The highest BCUT2D eigenvalue weighted by atomic mass is 16.7. The van der Waals surface area contributed by atoms with E-state index in [0.29, 0.717) is 25.2 Å². The number of methoxy groups -OCH3 is 1. The first-order valence-corrected chi connectivity index (χ1v) is 10.8. The molecular weight excluding hydrogens is 410 g/mol. The molecule has 1 aromatic carbocycles. The van der Waals surface area contributed by atoms with E-state index < -0.39 is 17.9 Å². The Labute approximate surface area is 189 Å². The first-order valence-electron chi connectivity index (χ1n) is 10.8. The lowest BCUT2D eigenvalue weighted by Gasteiger charge is -2.42. The molecule has 2 heterocycles. The minimum Gasteiger partial charge on any atom is -0.497 e. The predicted molar refractivity (Wildman–Crippen MR) is 120 cm³/mol. The molecule has 0 aliphatic carbocycles. The zero-order chi connectivity index (χ0) is 23.0. The first kappa shape index (κ1) is 23.8. The molecular formula is C25H31NO6. The molecule has 3 atom stereocenters. The number of carboxylic acid groups (broad SMARTS) is 1. The van der Waals surface area contributed by atoms with Crippen molar-refractivity contribution < 1.29 is 28.8 Å². The highest BCUT2D eigenvalue weighted by Gasteiger charge is 2.42. The summed E-state index contributed by atoms with van der Waals surface area (Å²) in [6, 6.07) is 11.3. The van der Waals surface area contributed by atoms with E-state index in [0.717, 1.165) is 11.3 Å². The van der Waals surface area contributed by atoms with E-state index in [1.54, 1.807) is 13.3 Å². The molecule has 0 unspecified atom stereocenters. The van der Waals surface area contributed by atoms with Crippen molar-refractivity contribution in [3.63, 3.8) is 0 Å². The van der Waals surface area contributed by atoms with Gasteiger partial charge in [0.1, 0.15) is 11.5 Å². The van der Waals surface area contributed by atoms with Crippen LogP contribution in [-0.2, 0) is 14.3 Å². The molecule has 0 saturated carbocycles. The quantitative estimate of drug-likeness (QED) is 0.531. The van der Waals surface area contributed by atoms with Gasteiger partial charge in [0.2, 0.25) is 0 Å². The van der Waals surface area contributed by atoms with E-state index in [-0.39, 0.29) is 18.4 Å². The number of ether oxygens (including phenoxy) is 4. The number of benzene rings is 1. The summed E-state index contributed by atoms with van der Waals surface area (Å²) >= 11 is 0. The third kappa shape index (κ3) is 6.55. The maximum Gasteiger partial charge on any atom is 0.303 e. The monoisotopic (exact) mass is 441 g/mol. The van der Waals surface area contributed by atoms with E-state index in [1.807, 2.05) is 68.6 Å². The molecule has 172 valence electrons. The SMILES string of the molecule is COc1ccc(OC(C)(C)[C@H]2OC[C@@H](CC=CCCC(=O)O)[C@@H](c3cccnc3)O2)cc1. The van der Waals surface area contributed by atoms with Crippen LogP contribution >= 0.6 is 0 Å². The topological polar surface area (TPSA) is 87.1 Å². The van der Waals surface area contributed by atoms with Crippen molar-refractivity contribution in [1.29, 1.82) is 0 Å². The number of pyridine rings is 1. The van der Waals surface area contributed by atoms with Crippen molar-refractivity contribution in [2.75, 3.05) is 13.7 Å². The molecule has 1 aliphatic rings. The lowest BCUT2D eigenvalue weighted by molar-refractivity contribution is -0.288. The lowest BCUT2D eigenvalue weighted by atomic mass is 9.92. The molecule has 2 aromatic rings. The van der Waals surface area contributed by atoms with Crippen LogP contribution in [0.4, 0.5) is 0 Å². The van der Waals surface area contributed by atoms with Crippen LogP contribution in [0.3, 0.4) is 0 Å². The van der Waals surface area contributed by atoms with Gasteiger partial charge in [-0.05, 0) is 62.6 Å². The standard InChI is InChI=1S/C25H31NO6/c1-25(2,32-21-13-11-20(29-3)12-14-21)24-30-17-19(8-5-4-6-10-22(27)28)23(31-24)18-9-7-15-26-16-18/h4-5,7,9,11-16,19,23-24H,6,8,10,17H2,1-3H3,(H,27,28)/t19-,23-,24+/m1/s1. The Bertz CT molecular complexity index is 881. The summed E-state index contributed by atoms with van der Waals surface area (Å²) in [5, 5.41) is 8.79. The van der Waals surface area contributed by atoms with Gasteiger partial charge in [-0.2, -0.15) is 0 Å². The molecule has 1 fully saturated rings. The van der Waals surface area contributed by atoms with Crippen molar-refractivity contribution in [3.05, 3.63) is 66.5 Å². The van der Waals surface area contributed by atoms with E-state index in [9.17, 15) is 4.79 Å². The van der Waals surface area contributed by atoms with E-state index in [4.69, 9.17) is 24.1 Å². The Morgan fingerprint density at radius 1 is 1.22 bits per heavy atom. The molecule has 1 aliphatic heterocycles. The van der Waals surface area contributed by atoms with E-state index in [1.165, 1.54) is 0 Å². The van der Waals surface area contributed by atoms with Crippen molar-refractivity contribution >= 4 is 5.97 Å². The summed E-state index contributed by atoms with van der Waals surface area (Å²) in [6.07, 6.45) is 7.99. The van der Waals surface area contributed by atoms with Crippen LogP contribution in [0.15, 0.2) is 60.9 Å². The number of hydrogen-bond donors (Lipinski definition) is 1. The number of allylic oxidation sites excluding steroid dienone is 2. The van der Waals surface area contributed by atoms with Gasteiger partial charge >= 0.3 is 5.97 Å². The zero-order valence-corrected chi connectivity index (χ0v) is 18.8. The van der Waals surface area contributed by atoms with Crippen molar-refractivity contribution in [3.8, 4) is 11.5 Å². The maximum absolute atomic E-state index is 10.7. The van der Waals surface area contributed by atoms with Gasteiger partial charge in [-0.1, -0.05) is 18.2 Å². The second kappa shape index (κ2) is 11.1. The van der Waals surface area contributed by atoms with E-state index in [2.05, 4.69) is 4.98 Å². The maximum atomic E-state index is 10.7. The predicted octanol–water partition coefficient (Wildman–Crippen LogP) is 4.79. The van der Waals surface area contributed by atoms with Crippen LogP contribution in [0, 0.1) is 5.92 Å². The van der Waals surface area contributed by atoms with Gasteiger partial charge in [-0.25, -0.2) is 0 Å². The van der Waals surface area contributed by atoms with Crippen LogP contribution in [0.2, 0.25) is 0 Å². The molecule has 32 heavy (non-hydrogen) atoms. The molecule has 0 spiro atoms. The fourth-order valence-corrected chi connectivity index (χ4v) is 3.62. The average molecular weight is 442 g/mol. The molecule has 7 nitrogen and oxygen atoms in total. The number of aromatic nitrogens is 1. The smallest absolute Gasteiger partial charge is 0.303 e. The summed E-state index contributed by atoms with van der Waals surface area (Å²) in [7, 11) is 1.62. The summed E-state index contributed by atoms with van der Waals surface area (Å²) in [5.41, 5.74) is 0.238. The van der Waals surface area contributed by atoms with Crippen LogP contribution in [0.5, 0.6) is 11.5 Å². The minimum atomic E-state index is -0.797. The van der Waals surface area contributed by atoms with Crippen molar-refractivity contribution in [2.24, 2.45) is 5.92 Å². The van der Waals surface area contributed by atoms with Crippen LogP contribution in [-0.4, -0.2) is 41.7 Å². The Morgan fingerprint density at radius 2 is 1.97 bits per heavy atom. The number of nitrogens with zero attached hydrogens (tertiary/aromatic N) is 1. The Kier molecular flexibility index (Phi) is 8.25. The summed E-state index contributed by atoms with van der Waals surface area (Å²) < 4.78 is 23.9. The number of hydrogen-bond acceptors (Lipinski definition) is 6. The number of rotatable bonds is 10. The highest BCUT2D eigenvalue weighted by Crippen LogP contribution is 2.38.